The van der Waals surface area contributed by atoms with Crippen LogP contribution in [0, 0.1) is 60.9 Å². The molecule has 2 atom stereocenters. The summed E-state index contributed by atoms with van der Waals surface area (Å²) in [6.45, 7) is 9.21. The number of hydrogen-bond acceptors (Lipinski definition) is 22. The first kappa shape index (κ1) is 87.0. The number of aromatic nitrogens is 6. The van der Waals surface area contributed by atoms with Gasteiger partial charge in [0, 0.05) is 99.4 Å². The monoisotopic (exact) mass is 1760 g/mol. The van der Waals surface area contributed by atoms with Crippen LogP contribution in [0.3, 0.4) is 0 Å². The molecule has 12 aliphatic rings. The van der Waals surface area contributed by atoms with Crippen molar-refractivity contribution in [2.45, 2.75) is 183 Å². The van der Waals surface area contributed by atoms with Gasteiger partial charge >= 0.3 is 0 Å². The van der Waals surface area contributed by atoms with Gasteiger partial charge in [-0.15, -0.1) is 10.2 Å². The van der Waals surface area contributed by atoms with Gasteiger partial charge in [0.2, 0.25) is 11.0 Å². The van der Waals surface area contributed by atoms with Crippen LogP contribution >= 0.6 is 57.7 Å². The predicted molar refractivity (Wildman–Crippen MR) is 444 cm³/mol. The van der Waals surface area contributed by atoms with E-state index in [0.717, 1.165) is 142 Å². The van der Waals surface area contributed by atoms with Gasteiger partial charge in [-0.2, -0.15) is 0 Å². The Bertz CT molecular complexity index is 5330. The molecule has 2 unspecified atom stereocenters. The van der Waals surface area contributed by atoms with E-state index in [1.807, 2.05) is 55.5 Å². The molecule has 6 N–H and O–H groups in total. The van der Waals surface area contributed by atoms with E-state index < -0.39 is 17.5 Å². The number of halogens is 7. The van der Waals surface area contributed by atoms with Crippen molar-refractivity contribution in [1.29, 1.82) is 0 Å². The number of nitrogens with zero attached hydrogens (tertiary/aromatic N) is 6. The highest BCUT2D eigenvalue weighted by molar-refractivity contribution is 7.18. The van der Waals surface area contributed by atoms with Gasteiger partial charge in [-0.1, -0.05) is 112 Å². The molecule has 121 heavy (non-hydrogen) atoms. The molecule has 9 aromatic rings. The smallest absolute Gasteiger partial charge is 0.275 e. The fraction of sp³-hybridized carbons (Fsp3) is 0.437. The number of anilines is 1. The molecule has 12 saturated carbocycles. The van der Waals surface area contributed by atoms with E-state index >= 15 is 0 Å². The van der Waals surface area contributed by atoms with Crippen molar-refractivity contribution in [3.8, 4) is 39.4 Å². The predicted octanol–water partition coefficient (Wildman–Crippen LogP) is 16.1. The molecule has 638 valence electrons. The molecule has 5 amide bonds. The molecule has 0 spiro atoms. The minimum atomic E-state index is -0.598. The lowest BCUT2D eigenvalue weighted by molar-refractivity contribution is -0.164. The molecule has 4 aromatic heterocycles. The maximum atomic E-state index is 13.6. The summed E-state index contributed by atoms with van der Waals surface area (Å²) in [4.78, 5) is 95.6. The zero-order valence-electron chi connectivity index (χ0n) is 67.3. The third-order valence-electron chi connectivity index (χ3n) is 24.7. The molecular weight excluding hydrogens is 1670 g/mol. The fourth-order valence-electron chi connectivity index (χ4n) is 19.0. The van der Waals surface area contributed by atoms with Crippen molar-refractivity contribution < 1.29 is 79.5 Å². The van der Waals surface area contributed by atoms with Crippen LogP contribution in [0.1, 0.15) is 178 Å². The average Bonchev–Trinajstić information content (AvgIpc) is 0.953. The first-order chi connectivity index (χ1) is 57.7. The van der Waals surface area contributed by atoms with E-state index in [1.54, 1.807) is 37.3 Å². The Labute approximate surface area is 719 Å². The Morgan fingerprint density at radius 2 is 0.934 bits per heavy atom. The number of carbonyl (C=O) groups is 7. The minimum Gasteiger partial charge on any atom is -0.486 e. The van der Waals surface area contributed by atoms with Gasteiger partial charge in [0.1, 0.15) is 69.3 Å². The van der Waals surface area contributed by atoms with Gasteiger partial charge in [0.25, 0.3) is 29.5 Å². The van der Waals surface area contributed by atoms with E-state index in [1.165, 1.54) is 61.5 Å². The van der Waals surface area contributed by atoms with Crippen molar-refractivity contribution in [3.63, 3.8) is 0 Å². The number of amides is 5. The number of nitrogens with one attached hydrogen (secondary N) is 6. The molecule has 34 heteroatoms. The average molecular weight is 1760 g/mol. The molecule has 0 saturated heterocycles. The quantitative estimate of drug-likeness (QED) is 0.0248. The summed E-state index contributed by atoms with van der Waals surface area (Å²) in [5.74, 6) is 0.222. The van der Waals surface area contributed by atoms with Gasteiger partial charge < -0.3 is 64.6 Å². The van der Waals surface area contributed by atoms with Crippen molar-refractivity contribution in [2.75, 3.05) is 38.9 Å². The Morgan fingerprint density at radius 3 is 1.40 bits per heavy atom. The van der Waals surface area contributed by atoms with Crippen LogP contribution in [0.4, 0.5) is 18.3 Å². The molecule has 12 aliphatic carbocycles. The van der Waals surface area contributed by atoms with Crippen LogP contribution in [0.15, 0.2) is 137 Å². The second-order valence-corrected chi connectivity index (χ2v) is 36.5. The van der Waals surface area contributed by atoms with E-state index in [2.05, 4.69) is 76.2 Å². The molecular formula is C87H91Cl4F3N12O14S. The molecule has 12 fully saturated rings. The van der Waals surface area contributed by atoms with Crippen molar-refractivity contribution in [3.05, 3.63) is 199 Å². The van der Waals surface area contributed by atoms with Gasteiger partial charge in [-0.3, -0.25) is 33.6 Å². The van der Waals surface area contributed by atoms with E-state index in [-0.39, 0.29) is 173 Å². The Balaban J connectivity index is 0.000000132. The minimum absolute atomic E-state index is 0.00120. The number of rotatable bonds is 28. The van der Waals surface area contributed by atoms with E-state index in [4.69, 9.17) is 79.1 Å². The largest absolute Gasteiger partial charge is 0.486 e. The van der Waals surface area contributed by atoms with Crippen LogP contribution < -0.4 is 55.6 Å². The molecule has 0 aliphatic heterocycles. The Kier molecular flexibility index (Phi) is 25.6. The van der Waals surface area contributed by atoms with Crippen molar-refractivity contribution in [1.82, 2.24) is 57.1 Å². The van der Waals surface area contributed by atoms with E-state index in [0.29, 0.717) is 35.1 Å². The number of ether oxygens (including phenoxy) is 5. The summed E-state index contributed by atoms with van der Waals surface area (Å²) in [6, 6.07) is 30.8. The topological polar surface area (TPSA) is 341 Å². The number of carbonyl (C=O) groups excluding carboxylic acids is 7. The second kappa shape index (κ2) is 35.6. The van der Waals surface area contributed by atoms with Crippen LogP contribution in [0.5, 0.6) is 28.9 Å². The van der Waals surface area contributed by atoms with Crippen LogP contribution in [-0.2, 0) is 19.2 Å². The van der Waals surface area contributed by atoms with Crippen molar-refractivity contribution in [2.24, 2.45) is 22.7 Å². The fourth-order valence-corrected chi connectivity index (χ4v) is 20.4. The lowest BCUT2D eigenvalue weighted by atomic mass is 9.38. The van der Waals surface area contributed by atoms with Gasteiger partial charge in [0.05, 0.1) is 22.2 Å². The highest BCUT2D eigenvalue weighted by Crippen LogP contribution is 2.71. The normalized spacial score (nSPS) is 25.6. The van der Waals surface area contributed by atoms with Gasteiger partial charge in [0.15, 0.2) is 42.8 Å². The van der Waals surface area contributed by atoms with Gasteiger partial charge in [-0.05, 0) is 207 Å². The SMILES string of the molecule is COc1nccnc1C(=O)NC12CCC(NC(=O)COc3ccc(Cl)c(F)c3)(CC1)C(C)C2.Cc1cc(C(=O)CC23CC(NC(=O)COc4ccc(Cl)c(F)c4)(C2)C3)no1.Cc1cc(C(=O)NC23CCC(NC(=O)COc4ccc(Cl)c(F)c4)(CC2)C(C)C3)no1.Cc1ccc(OCC(=O)CC23CC(Nc4nnc(-c5ccc(Cl)cc5)s4)(C2)C3)cc1. The number of fused-ring (bicyclic) bond motifs is 6. The van der Waals surface area contributed by atoms with Crippen LogP contribution in [0.25, 0.3) is 10.6 Å². The first-order valence-corrected chi connectivity index (χ1v) is 42.2. The summed E-state index contributed by atoms with van der Waals surface area (Å²) in [5, 5.41) is 37.7. The number of Topliss-reactive ketones (excluding diaryl/α,β-unsaturated/α-hetero) is 2. The van der Waals surface area contributed by atoms with Gasteiger partial charge in [-0.25, -0.2) is 23.1 Å². The van der Waals surface area contributed by atoms with Crippen LogP contribution in [-0.4, -0.2) is 138 Å². The molecule has 5 aromatic carbocycles. The molecule has 26 nitrogen and oxygen atoms in total. The molecule has 8 bridgehead atoms. The number of ketones is 2. The summed E-state index contributed by atoms with van der Waals surface area (Å²) >= 11 is 24.4. The number of aryl methyl sites for hydroxylation is 3. The zero-order valence-corrected chi connectivity index (χ0v) is 71.1. The Hall–Kier alpha value is -10.4. The second-order valence-electron chi connectivity index (χ2n) is 33.9. The lowest BCUT2D eigenvalue weighted by Crippen LogP contribution is -2.75. The summed E-state index contributed by atoms with van der Waals surface area (Å²) < 4.78 is 77.4. The number of hydrogen-bond donors (Lipinski definition) is 6. The van der Waals surface area contributed by atoms with E-state index in [9.17, 15) is 46.7 Å². The van der Waals surface area contributed by atoms with Crippen LogP contribution in [0.2, 0.25) is 20.1 Å². The number of benzene rings is 5. The first-order valence-electron chi connectivity index (χ1n) is 39.8. The third-order valence-corrected chi connectivity index (χ3v) is 26.8. The molecule has 0 radical (unpaired) electrons. The Morgan fingerprint density at radius 1 is 0.488 bits per heavy atom. The summed E-state index contributed by atoms with van der Waals surface area (Å²) in [7, 11) is 1.45. The maximum absolute atomic E-state index is 13.6. The zero-order chi connectivity index (χ0) is 85.9. The van der Waals surface area contributed by atoms with Crippen molar-refractivity contribution >= 4 is 104 Å². The molecule has 4 heterocycles. The maximum Gasteiger partial charge on any atom is 0.275 e. The highest BCUT2D eigenvalue weighted by atomic mass is 35.5. The summed E-state index contributed by atoms with van der Waals surface area (Å²) in [5.41, 5.74) is 1.58. The summed E-state index contributed by atoms with van der Waals surface area (Å²) in [6.07, 6.45) is 16.7. The molecule has 21 rings (SSSR count). The standard InChI is InChI=1S/C23H26ClFN4O4.C23H22ClN3O2S.C22H25ClFN3O4.C19H18ClFN2O4/c1-14-12-22(29-20(31)19-21(32-2)27-10-9-26-19)5-7-23(14,8-6-22)28-18(30)13-33-15-3-4-16(24)17(25)11-15;1-15-2-8-19(9-3-15)29-11-18(28)10-22-12-23(13-22,14-22)25-21-27-26-20(30-21)16-4-6-17(24)7-5-16;1-13-11-21(26-20(29)18-9-14(2)31-27-18)5-7-22(13,8-6-21)25-19(28)12-30-15-3-4-16(23)17(24)10-15;1-11-4-15(23-27-11)16(24)6-18-8-19(9-18,10-18)22-17(25)7-26-12-2-3-13(20)14(21)5-12/h3-4,9-11,14H,5-8,12-13H2,1-2H3,(H,28,30)(H,29,31);2-9H,10-14H2,1H3,(H,25,27);3-4,9-10,13H,5-8,11-12H2,1-2H3,(H,25,28)(H,26,29);2-5H,6-10H2,1H3,(H,22,25). The highest BCUT2D eigenvalue weighted by Gasteiger charge is 2.70. The lowest BCUT2D eigenvalue weighted by Gasteiger charge is -2.70. The number of methoxy groups -OCH3 is 1. The third kappa shape index (κ3) is 20.2.